The lowest BCUT2D eigenvalue weighted by Gasteiger charge is -2.35. The Kier molecular flexibility index (Phi) is 8.60. The van der Waals surface area contributed by atoms with Crippen LogP contribution >= 0.6 is 23.2 Å². The molecule has 2 saturated heterocycles. The molecule has 0 N–H and O–H groups in total. The van der Waals surface area contributed by atoms with Gasteiger partial charge < -0.3 is 14.7 Å². The van der Waals surface area contributed by atoms with Gasteiger partial charge in [0, 0.05) is 77.6 Å². The van der Waals surface area contributed by atoms with Gasteiger partial charge in [-0.15, -0.1) is 0 Å². The average molecular weight is 569 g/mol. The summed E-state index contributed by atoms with van der Waals surface area (Å²) < 4.78 is 25.2. The van der Waals surface area contributed by atoms with Gasteiger partial charge in [0.25, 0.3) is 0 Å². The van der Waals surface area contributed by atoms with Gasteiger partial charge in [0.1, 0.15) is 0 Å². The van der Waals surface area contributed by atoms with E-state index >= 15 is 0 Å². The highest BCUT2D eigenvalue weighted by molar-refractivity contribution is 7.88. The van der Waals surface area contributed by atoms with Crippen LogP contribution in [0.5, 0.6) is 0 Å². The molecule has 2 aromatic rings. The second-order valence-electron chi connectivity index (χ2n) is 10.2. The third-order valence-electron chi connectivity index (χ3n) is 7.36. The van der Waals surface area contributed by atoms with Crippen LogP contribution in [-0.4, -0.2) is 106 Å². The van der Waals surface area contributed by atoms with Crippen molar-refractivity contribution in [2.75, 3.05) is 71.6 Å². The molecule has 2 heterocycles. The van der Waals surface area contributed by atoms with Gasteiger partial charge in [0.2, 0.25) is 10.0 Å². The summed E-state index contributed by atoms with van der Waals surface area (Å²) >= 11 is 12.6. The predicted molar refractivity (Wildman–Crippen MR) is 150 cm³/mol. The predicted octanol–water partition coefficient (Wildman–Crippen LogP) is 3.66. The molecular formula is C26H35Cl2N5O3S. The molecule has 2 aliphatic rings. The minimum Gasteiger partial charge on any atom is -0.378 e. The Labute approximate surface area is 230 Å². The number of anilines is 1. The lowest BCUT2D eigenvalue weighted by molar-refractivity contribution is 0.138. The van der Waals surface area contributed by atoms with E-state index in [4.69, 9.17) is 23.2 Å². The van der Waals surface area contributed by atoms with Crippen molar-refractivity contribution in [3.05, 3.63) is 63.6 Å². The molecule has 0 saturated carbocycles. The van der Waals surface area contributed by atoms with Crippen molar-refractivity contribution < 1.29 is 13.2 Å². The van der Waals surface area contributed by atoms with E-state index in [0.717, 1.165) is 17.8 Å². The van der Waals surface area contributed by atoms with Crippen molar-refractivity contribution >= 4 is 44.9 Å². The minimum absolute atomic E-state index is 0.0514. The number of amides is 2. The van der Waals surface area contributed by atoms with E-state index in [1.54, 1.807) is 4.90 Å². The molecule has 0 spiro atoms. The van der Waals surface area contributed by atoms with Gasteiger partial charge in [0.15, 0.2) is 0 Å². The molecule has 11 heteroatoms. The highest BCUT2D eigenvalue weighted by Gasteiger charge is 2.40. The first-order valence-corrected chi connectivity index (χ1v) is 14.9. The van der Waals surface area contributed by atoms with E-state index in [0.29, 0.717) is 49.3 Å². The summed E-state index contributed by atoms with van der Waals surface area (Å²) in [5.74, 6) is 0.0575. The molecule has 2 fully saturated rings. The Bertz CT molecular complexity index is 1220. The van der Waals surface area contributed by atoms with E-state index in [1.165, 1.54) is 16.1 Å². The number of halogens is 2. The smallest absolute Gasteiger partial charge is 0.320 e. The molecule has 2 amide bonds. The summed E-state index contributed by atoms with van der Waals surface area (Å²) in [6.07, 6.45) is 1.21. The van der Waals surface area contributed by atoms with Crippen LogP contribution in [0.15, 0.2) is 42.5 Å². The zero-order valence-electron chi connectivity index (χ0n) is 21.8. The lowest BCUT2D eigenvalue weighted by Crippen LogP contribution is -2.53. The van der Waals surface area contributed by atoms with Crippen LogP contribution < -0.4 is 4.90 Å². The van der Waals surface area contributed by atoms with E-state index in [1.807, 2.05) is 37.2 Å². The number of nitrogens with zero attached hydrogens (tertiary/aromatic N) is 5. The number of carbonyl (C=O) groups is 1. The molecule has 37 heavy (non-hydrogen) atoms. The largest absolute Gasteiger partial charge is 0.378 e. The van der Waals surface area contributed by atoms with Crippen LogP contribution in [0, 0.1) is 0 Å². The standard InChI is InChI=1S/C26H35Cl2N5O3S/c1-29(2)21-8-5-19(6-9-21)16-30(3)25-18-32(17-22(25)20-7-10-23(27)24(28)15-20)26(34)31-11-13-33(14-12-31)37(4,35)36/h5-10,15,22,25H,11-14,16-18H2,1-4H3. The van der Waals surface area contributed by atoms with Crippen LogP contribution in [0.25, 0.3) is 0 Å². The first-order valence-electron chi connectivity index (χ1n) is 12.3. The van der Waals surface area contributed by atoms with Gasteiger partial charge in [-0.2, -0.15) is 4.31 Å². The number of hydrogen-bond acceptors (Lipinski definition) is 5. The number of urea groups is 1. The Morgan fingerprint density at radius 3 is 2.14 bits per heavy atom. The maximum atomic E-state index is 13.5. The molecule has 0 bridgehead atoms. The molecule has 202 valence electrons. The van der Waals surface area contributed by atoms with Crippen molar-refractivity contribution in [3.63, 3.8) is 0 Å². The summed E-state index contributed by atoms with van der Waals surface area (Å²) in [4.78, 5) is 21.5. The lowest BCUT2D eigenvalue weighted by atomic mass is 9.93. The van der Waals surface area contributed by atoms with Gasteiger partial charge in [-0.3, -0.25) is 4.90 Å². The van der Waals surface area contributed by atoms with E-state index in [9.17, 15) is 13.2 Å². The zero-order valence-corrected chi connectivity index (χ0v) is 24.1. The van der Waals surface area contributed by atoms with Gasteiger partial charge in [-0.05, 0) is 42.4 Å². The fourth-order valence-corrected chi connectivity index (χ4v) is 6.31. The number of likely N-dealkylation sites (tertiary alicyclic amines) is 1. The minimum atomic E-state index is -3.25. The topological polar surface area (TPSA) is 67.4 Å². The molecule has 2 aliphatic heterocycles. The van der Waals surface area contributed by atoms with Crippen LogP contribution in [-0.2, 0) is 16.6 Å². The number of likely N-dealkylation sites (N-methyl/N-ethyl adjacent to an activating group) is 1. The number of piperazine rings is 1. The zero-order chi connectivity index (χ0) is 26.9. The second-order valence-corrected chi connectivity index (χ2v) is 13.0. The van der Waals surface area contributed by atoms with Crippen LogP contribution in [0.2, 0.25) is 10.0 Å². The molecular weight excluding hydrogens is 533 g/mol. The maximum Gasteiger partial charge on any atom is 0.320 e. The molecule has 4 rings (SSSR count). The summed E-state index contributed by atoms with van der Waals surface area (Å²) in [5.41, 5.74) is 3.39. The van der Waals surface area contributed by atoms with Gasteiger partial charge in [-0.25, -0.2) is 13.2 Å². The second kappa shape index (κ2) is 11.4. The molecule has 2 atom stereocenters. The molecule has 0 aromatic heterocycles. The number of benzene rings is 2. The van der Waals surface area contributed by atoms with Gasteiger partial charge >= 0.3 is 6.03 Å². The maximum absolute atomic E-state index is 13.5. The number of sulfonamides is 1. The number of hydrogen-bond donors (Lipinski definition) is 0. The Hall–Kier alpha value is -2.04. The molecule has 2 unspecified atom stereocenters. The van der Waals surface area contributed by atoms with Crippen molar-refractivity contribution in [3.8, 4) is 0 Å². The quantitative estimate of drug-likeness (QED) is 0.533. The average Bonchev–Trinajstić information content (AvgIpc) is 3.31. The molecule has 0 aliphatic carbocycles. The summed E-state index contributed by atoms with van der Waals surface area (Å²) in [6.45, 7) is 3.28. The van der Waals surface area contributed by atoms with Gasteiger partial charge in [-0.1, -0.05) is 41.4 Å². The number of rotatable bonds is 6. The van der Waals surface area contributed by atoms with Crippen LogP contribution in [0.3, 0.4) is 0 Å². The fourth-order valence-electron chi connectivity index (χ4n) is 5.18. The third kappa shape index (κ3) is 6.52. The van der Waals surface area contributed by atoms with Crippen LogP contribution in [0.4, 0.5) is 10.5 Å². The normalized spacial score (nSPS) is 21.1. The molecule has 2 aromatic carbocycles. The van der Waals surface area contributed by atoms with Crippen molar-refractivity contribution in [1.29, 1.82) is 0 Å². The Morgan fingerprint density at radius 2 is 1.57 bits per heavy atom. The fraction of sp³-hybridized carbons (Fsp3) is 0.500. The monoisotopic (exact) mass is 567 g/mol. The Morgan fingerprint density at radius 1 is 0.919 bits per heavy atom. The third-order valence-corrected chi connectivity index (χ3v) is 9.40. The first-order chi connectivity index (χ1) is 17.4. The van der Waals surface area contributed by atoms with E-state index < -0.39 is 10.0 Å². The van der Waals surface area contributed by atoms with E-state index in [2.05, 4.69) is 41.1 Å². The summed E-state index contributed by atoms with van der Waals surface area (Å²) in [5, 5.41) is 1.01. The number of carbonyl (C=O) groups excluding carboxylic acids is 1. The first kappa shape index (κ1) is 28.0. The van der Waals surface area contributed by atoms with E-state index in [-0.39, 0.29) is 18.0 Å². The SMILES string of the molecule is CN(C)c1ccc(CN(C)C2CN(C(=O)N3CCN(S(C)(=O)=O)CC3)CC2c2ccc(Cl)c(Cl)c2)cc1. The highest BCUT2D eigenvalue weighted by Crippen LogP contribution is 2.35. The van der Waals surface area contributed by atoms with Gasteiger partial charge in [0.05, 0.1) is 16.3 Å². The summed E-state index contributed by atoms with van der Waals surface area (Å²) in [6, 6.07) is 14.2. The highest BCUT2D eigenvalue weighted by atomic mass is 35.5. The van der Waals surface area contributed by atoms with Crippen molar-refractivity contribution in [2.45, 2.75) is 18.5 Å². The molecule has 0 radical (unpaired) electrons. The van der Waals surface area contributed by atoms with Crippen molar-refractivity contribution in [1.82, 2.24) is 19.0 Å². The summed E-state index contributed by atoms with van der Waals surface area (Å²) in [7, 11) is 2.88. The van der Waals surface area contributed by atoms with Crippen molar-refractivity contribution in [2.24, 2.45) is 0 Å². The molecule has 8 nitrogen and oxygen atoms in total. The Balaban J connectivity index is 1.52. The van der Waals surface area contributed by atoms with Crippen LogP contribution in [0.1, 0.15) is 17.0 Å².